The fourth-order valence-electron chi connectivity index (χ4n) is 2.06. The summed E-state index contributed by atoms with van der Waals surface area (Å²) >= 11 is 0. The molecule has 1 aromatic carbocycles. The third kappa shape index (κ3) is 2.29. The Labute approximate surface area is 89.1 Å². The van der Waals surface area contributed by atoms with Gasteiger partial charge in [0.1, 0.15) is 5.82 Å². The van der Waals surface area contributed by atoms with Crippen LogP contribution in [0.5, 0.6) is 0 Å². The number of halogens is 1. The summed E-state index contributed by atoms with van der Waals surface area (Å²) in [6.07, 6.45) is 2.53. The number of aliphatic hydroxyl groups excluding tert-OH is 1. The Morgan fingerprint density at radius 3 is 2.87 bits per heavy atom. The largest absolute Gasteiger partial charge is 0.391 e. The van der Waals surface area contributed by atoms with Crippen molar-refractivity contribution in [3.63, 3.8) is 0 Å². The van der Waals surface area contributed by atoms with Crippen molar-refractivity contribution in [3.8, 4) is 0 Å². The van der Waals surface area contributed by atoms with Gasteiger partial charge in [-0.25, -0.2) is 4.39 Å². The van der Waals surface area contributed by atoms with E-state index < -0.39 is 0 Å². The van der Waals surface area contributed by atoms with Gasteiger partial charge in [0.2, 0.25) is 0 Å². The summed E-state index contributed by atoms with van der Waals surface area (Å²) in [5.41, 5.74) is 1.80. The van der Waals surface area contributed by atoms with E-state index in [1.54, 1.807) is 6.07 Å². The molecule has 1 aliphatic carbocycles. The lowest BCUT2D eigenvalue weighted by Crippen LogP contribution is -2.28. The van der Waals surface area contributed by atoms with Crippen LogP contribution in [0.2, 0.25) is 0 Å². The fourth-order valence-corrected chi connectivity index (χ4v) is 2.06. The second-order valence-corrected chi connectivity index (χ2v) is 4.21. The average Bonchev–Trinajstić information content (AvgIpc) is 2.58. The molecule has 1 aromatic rings. The van der Waals surface area contributed by atoms with Gasteiger partial charge in [0.25, 0.3) is 0 Å². The van der Waals surface area contributed by atoms with Crippen LogP contribution in [0.25, 0.3) is 0 Å². The van der Waals surface area contributed by atoms with E-state index in [0.717, 1.165) is 30.5 Å². The monoisotopic (exact) mass is 209 g/mol. The highest BCUT2D eigenvalue weighted by molar-refractivity contribution is 5.51. The second-order valence-electron chi connectivity index (χ2n) is 4.21. The molecule has 82 valence electrons. The highest BCUT2D eigenvalue weighted by Gasteiger charge is 2.25. The van der Waals surface area contributed by atoms with E-state index in [1.807, 2.05) is 6.92 Å². The zero-order valence-corrected chi connectivity index (χ0v) is 8.83. The summed E-state index contributed by atoms with van der Waals surface area (Å²) in [6.45, 7) is 1.93. The third-order valence-electron chi connectivity index (χ3n) is 3.02. The van der Waals surface area contributed by atoms with E-state index >= 15 is 0 Å². The van der Waals surface area contributed by atoms with Crippen molar-refractivity contribution in [1.29, 1.82) is 0 Å². The van der Waals surface area contributed by atoms with Gasteiger partial charge in [0.15, 0.2) is 0 Å². The summed E-state index contributed by atoms with van der Waals surface area (Å²) < 4.78 is 13.0. The van der Waals surface area contributed by atoms with Crippen molar-refractivity contribution in [2.45, 2.75) is 38.3 Å². The summed E-state index contributed by atoms with van der Waals surface area (Å²) in [6, 6.07) is 4.76. The minimum Gasteiger partial charge on any atom is -0.391 e. The molecule has 2 atom stereocenters. The van der Waals surface area contributed by atoms with Crippen LogP contribution in [-0.4, -0.2) is 17.3 Å². The zero-order valence-electron chi connectivity index (χ0n) is 8.83. The smallest absolute Gasteiger partial charge is 0.125 e. The normalized spacial score (nSPS) is 25.5. The molecule has 15 heavy (non-hydrogen) atoms. The Kier molecular flexibility index (Phi) is 2.91. The first-order chi connectivity index (χ1) is 7.16. The molecule has 0 radical (unpaired) electrons. The topological polar surface area (TPSA) is 32.3 Å². The molecule has 1 aliphatic rings. The van der Waals surface area contributed by atoms with Gasteiger partial charge in [-0.3, -0.25) is 0 Å². The molecule has 0 spiro atoms. The van der Waals surface area contributed by atoms with Crippen LogP contribution in [0.3, 0.4) is 0 Å². The number of rotatable bonds is 2. The molecule has 0 aliphatic heterocycles. The first kappa shape index (κ1) is 10.4. The lowest BCUT2D eigenvalue weighted by Gasteiger charge is -2.19. The maximum atomic E-state index is 13.0. The van der Waals surface area contributed by atoms with Crippen molar-refractivity contribution in [2.24, 2.45) is 0 Å². The molecule has 0 amide bonds. The van der Waals surface area contributed by atoms with Gasteiger partial charge in [-0.15, -0.1) is 0 Å². The van der Waals surface area contributed by atoms with Crippen LogP contribution >= 0.6 is 0 Å². The van der Waals surface area contributed by atoms with Crippen molar-refractivity contribution >= 4 is 5.69 Å². The molecule has 2 rings (SSSR count). The van der Waals surface area contributed by atoms with E-state index in [-0.39, 0.29) is 18.0 Å². The fraction of sp³-hybridized carbons (Fsp3) is 0.500. The highest BCUT2D eigenvalue weighted by atomic mass is 19.1. The molecular formula is C12H16FNO. The van der Waals surface area contributed by atoms with E-state index in [0.29, 0.717) is 0 Å². The molecule has 1 saturated carbocycles. The second kappa shape index (κ2) is 4.19. The number of aliphatic hydroxyl groups is 1. The Hall–Kier alpha value is -1.09. The number of hydrogen-bond acceptors (Lipinski definition) is 2. The minimum atomic E-state index is -0.298. The number of benzene rings is 1. The molecule has 0 bridgehead atoms. The molecule has 0 heterocycles. The van der Waals surface area contributed by atoms with Gasteiger partial charge in [0, 0.05) is 5.69 Å². The molecular weight excluding hydrogens is 193 g/mol. The highest BCUT2D eigenvalue weighted by Crippen LogP contribution is 2.25. The summed E-state index contributed by atoms with van der Waals surface area (Å²) in [7, 11) is 0. The molecule has 2 nitrogen and oxygen atoms in total. The maximum absolute atomic E-state index is 13.0. The lowest BCUT2D eigenvalue weighted by molar-refractivity contribution is 0.172. The van der Waals surface area contributed by atoms with E-state index in [4.69, 9.17) is 0 Å². The molecule has 3 heteroatoms. The van der Waals surface area contributed by atoms with Gasteiger partial charge in [-0.1, -0.05) is 6.07 Å². The summed E-state index contributed by atoms with van der Waals surface area (Å²) in [5.74, 6) is -0.240. The van der Waals surface area contributed by atoms with Crippen LogP contribution < -0.4 is 5.32 Å². The van der Waals surface area contributed by atoms with Crippen molar-refractivity contribution in [3.05, 3.63) is 29.6 Å². The molecule has 1 fully saturated rings. The summed E-state index contributed by atoms with van der Waals surface area (Å²) in [5, 5.41) is 12.9. The van der Waals surface area contributed by atoms with Crippen LogP contribution in [-0.2, 0) is 0 Å². The number of nitrogens with one attached hydrogen (secondary N) is 1. The number of hydrogen-bond donors (Lipinski definition) is 2. The van der Waals surface area contributed by atoms with E-state index in [2.05, 4.69) is 5.32 Å². The predicted molar refractivity (Wildman–Crippen MR) is 58.4 cm³/mol. The first-order valence-corrected chi connectivity index (χ1v) is 5.37. The van der Waals surface area contributed by atoms with E-state index in [1.165, 1.54) is 12.1 Å². The van der Waals surface area contributed by atoms with Gasteiger partial charge >= 0.3 is 0 Å². The molecule has 0 saturated heterocycles. The quantitative estimate of drug-likeness (QED) is 0.784. The maximum Gasteiger partial charge on any atom is 0.125 e. The Morgan fingerprint density at radius 1 is 1.40 bits per heavy atom. The minimum absolute atomic E-state index is 0.0745. The molecule has 0 aromatic heterocycles. The van der Waals surface area contributed by atoms with Crippen molar-refractivity contribution in [1.82, 2.24) is 0 Å². The van der Waals surface area contributed by atoms with Crippen LogP contribution in [0, 0.1) is 12.7 Å². The zero-order chi connectivity index (χ0) is 10.8. The predicted octanol–water partition coefficient (Wildman–Crippen LogP) is 2.46. The lowest BCUT2D eigenvalue weighted by atomic mass is 10.1. The summed E-state index contributed by atoms with van der Waals surface area (Å²) in [4.78, 5) is 0. The van der Waals surface area contributed by atoms with Gasteiger partial charge < -0.3 is 10.4 Å². The molecule has 0 unspecified atom stereocenters. The number of anilines is 1. The van der Waals surface area contributed by atoms with Gasteiger partial charge in [0.05, 0.1) is 12.1 Å². The standard InChI is InChI=1S/C12H16FNO/c1-8-5-6-9(13)7-11(8)14-10-3-2-4-12(10)15/h5-7,10,12,14-15H,2-4H2,1H3/t10-,12-/m1/s1. The number of aryl methyl sites for hydroxylation is 1. The van der Waals surface area contributed by atoms with Crippen LogP contribution in [0.4, 0.5) is 10.1 Å². The van der Waals surface area contributed by atoms with Crippen LogP contribution in [0.15, 0.2) is 18.2 Å². The SMILES string of the molecule is Cc1ccc(F)cc1N[C@@H]1CCC[C@H]1O. The Morgan fingerprint density at radius 2 is 2.20 bits per heavy atom. The Bertz CT molecular complexity index is 353. The van der Waals surface area contributed by atoms with Crippen molar-refractivity contribution in [2.75, 3.05) is 5.32 Å². The average molecular weight is 209 g/mol. The van der Waals surface area contributed by atoms with Crippen LogP contribution in [0.1, 0.15) is 24.8 Å². The van der Waals surface area contributed by atoms with E-state index in [9.17, 15) is 9.50 Å². The third-order valence-corrected chi connectivity index (χ3v) is 3.02. The van der Waals surface area contributed by atoms with Gasteiger partial charge in [-0.05, 0) is 43.9 Å². The first-order valence-electron chi connectivity index (χ1n) is 5.37. The van der Waals surface area contributed by atoms with Crippen molar-refractivity contribution < 1.29 is 9.50 Å². The Balaban J connectivity index is 2.12. The van der Waals surface area contributed by atoms with Gasteiger partial charge in [-0.2, -0.15) is 0 Å². The molecule has 2 N–H and O–H groups in total.